The summed E-state index contributed by atoms with van der Waals surface area (Å²) in [5, 5.41) is 3.50. The van der Waals surface area contributed by atoms with Crippen LogP contribution in [-0.4, -0.2) is 14.1 Å². The maximum absolute atomic E-state index is 4.46. The first kappa shape index (κ1) is 27.1. The minimum absolute atomic E-state index is 0.146. The Kier molecular flexibility index (Phi) is 12.2. The fraction of sp³-hybridized carbons (Fsp3) is 0.407. The van der Waals surface area contributed by atoms with Crippen LogP contribution in [0.1, 0.15) is 70.1 Å². The van der Waals surface area contributed by atoms with Gasteiger partial charge in [0.15, 0.2) is 0 Å². The Morgan fingerprint density at radius 2 is 1.40 bits per heavy atom. The van der Waals surface area contributed by atoms with Gasteiger partial charge in [-0.3, -0.25) is 0 Å². The molecule has 0 amide bonds. The van der Waals surface area contributed by atoms with Crippen LogP contribution in [0.5, 0.6) is 0 Å². The van der Waals surface area contributed by atoms with E-state index in [0.29, 0.717) is 11.8 Å². The van der Waals surface area contributed by atoms with Gasteiger partial charge >= 0.3 is 98.8 Å². The molecule has 0 unspecified atom stereocenters. The average molecular weight is 483 g/mol. The van der Waals surface area contributed by atoms with E-state index in [9.17, 15) is 0 Å². The third kappa shape index (κ3) is 7.64. The van der Waals surface area contributed by atoms with Gasteiger partial charge in [0.05, 0.1) is 0 Å². The van der Waals surface area contributed by atoms with E-state index in [0.717, 1.165) is 0 Å². The van der Waals surface area contributed by atoms with Crippen molar-refractivity contribution in [3.63, 3.8) is 0 Å². The summed E-state index contributed by atoms with van der Waals surface area (Å²) in [6.07, 6.45) is 8.57. The van der Waals surface area contributed by atoms with Gasteiger partial charge in [-0.25, -0.2) is 12.1 Å². The Hall–Kier alpha value is -0.930. The predicted octanol–water partition coefficient (Wildman–Crippen LogP) is 8.00. The molecule has 0 saturated heterocycles. The fourth-order valence-electron chi connectivity index (χ4n) is 3.38. The van der Waals surface area contributed by atoms with E-state index in [-0.39, 0.29) is 5.41 Å². The first-order valence-electron chi connectivity index (χ1n) is 10.6. The van der Waals surface area contributed by atoms with Gasteiger partial charge in [-0.15, -0.1) is 0 Å². The van der Waals surface area contributed by atoms with Gasteiger partial charge < -0.3 is 5.32 Å². The zero-order valence-electron chi connectivity index (χ0n) is 19.8. The van der Waals surface area contributed by atoms with Crippen molar-refractivity contribution in [2.24, 2.45) is 3.34 Å². The van der Waals surface area contributed by atoms with Crippen LogP contribution in [0, 0.1) is 31.6 Å². The minimum atomic E-state index is 0.146. The van der Waals surface area contributed by atoms with Crippen molar-refractivity contribution in [2.45, 2.75) is 58.8 Å². The summed E-state index contributed by atoms with van der Waals surface area (Å²) in [7, 11) is 3.50. The number of hydrogen-bond acceptors (Lipinski definition) is 1. The molecule has 0 heterocycles. The second-order valence-corrected chi connectivity index (χ2v) is 9.11. The van der Waals surface area contributed by atoms with E-state index in [1.54, 1.807) is 14.1 Å². The summed E-state index contributed by atoms with van der Waals surface area (Å²) in [6.45, 7) is 13.4. The molecule has 30 heavy (non-hydrogen) atoms. The standard InChI is InChI=1S/C13H14.C12H17N.C2H6N.Nb/c1-13(2,11-7-3-4-8-11)12-9-5-6-10-12;1-8(2)10-6-5-7-11(9(3)4)12(10)13;1-3-2;/h3-10H,1-2H3;5-9H,1-4H3;1-2H3;/q-1;;-1;. The van der Waals surface area contributed by atoms with E-state index in [2.05, 4.69) is 118 Å². The fourth-order valence-corrected chi connectivity index (χ4v) is 3.94. The van der Waals surface area contributed by atoms with Crippen molar-refractivity contribution in [2.75, 3.05) is 14.1 Å². The van der Waals surface area contributed by atoms with E-state index in [4.69, 9.17) is 0 Å². The Morgan fingerprint density at radius 1 is 0.900 bits per heavy atom. The molecule has 2 aromatic rings. The first-order chi connectivity index (χ1) is 14.2. The molecule has 0 N–H and O–H groups in total. The molecule has 0 spiro atoms. The second-order valence-electron chi connectivity index (χ2n) is 8.61. The summed E-state index contributed by atoms with van der Waals surface area (Å²) in [4.78, 5) is 0. The van der Waals surface area contributed by atoms with Crippen LogP contribution < -0.4 is 0 Å². The summed E-state index contributed by atoms with van der Waals surface area (Å²) in [5.41, 5.74) is 5.49. The predicted molar refractivity (Wildman–Crippen MR) is 127 cm³/mol. The van der Waals surface area contributed by atoms with Crippen molar-refractivity contribution < 1.29 is 20.9 Å². The van der Waals surface area contributed by atoms with Gasteiger partial charge in [0.2, 0.25) is 0 Å². The third-order valence-corrected chi connectivity index (χ3v) is 5.70. The van der Waals surface area contributed by atoms with Crippen molar-refractivity contribution in [1.82, 2.24) is 0 Å². The number of benzene rings is 1. The Balaban J connectivity index is 0.000000266. The van der Waals surface area contributed by atoms with Crippen molar-refractivity contribution in [3.8, 4) is 0 Å². The molecule has 1 fully saturated rings. The topological polar surface area (TPSA) is 26.5 Å². The SMILES string of the molecule is CC(C)([C]1[CH][CH][CH][CH]1)c1ccc[cH-]1.CC(C)c1cccc(C(C)C)c1[N]=[Nb].C[N-]C. The normalized spacial score (nSPS) is 14.2. The maximum atomic E-state index is 4.46. The van der Waals surface area contributed by atoms with E-state index < -0.39 is 0 Å². The first-order valence-corrected chi connectivity index (χ1v) is 11.6. The zero-order valence-corrected chi connectivity index (χ0v) is 22.0. The molecule has 0 bridgehead atoms. The van der Waals surface area contributed by atoms with Crippen LogP contribution in [0.2, 0.25) is 0 Å². The summed E-state index contributed by atoms with van der Waals surface area (Å²) >= 11 is 1.53. The monoisotopic (exact) mass is 482 g/mol. The number of hydrogen-bond donors (Lipinski definition) is 0. The molecule has 2 aromatic carbocycles. The van der Waals surface area contributed by atoms with Crippen LogP contribution in [-0.2, 0) is 26.3 Å². The largest absolute Gasteiger partial charge is 0.668 e. The molecule has 1 aliphatic rings. The van der Waals surface area contributed by atoms with Crippen molar-refractivity contribution in [3.05, 3.63) is 96.1 Å². The summed E-state index contributed by atoms with van der Waals surface area (Å²) in [6, 6.07) is 15.1. The van der Waals surface area contributed by atoms with E-state index in [1.807, 2.05) is 0 Å². The molecular formula is C27H37N2Nb-2. The summed E-state index contributed by atoms with van der Waals surface area (Å²) in [5.74, 6) is 2.50. The second kappa shape index (κ2) is 13.5. The molecular weight excluding hydrogens is 445 g/mol. The molecule has 3 heteroatoms. The minimum Gasteiger partial charge on any atom is -0.668 e. The van der Waals surface area contributed by atoms with Gasteiger partial charge in [-0.1, -0.05) is 13.8 Å². The smallest absolute Gasteiger partial charge is 0.162 e. The van der Waals surface area contributed by atoms with Crippen molar-refractivity contribution >= 4 is 5.69 Å². The molecule has 0 atom stereocenters. The Morgan fingerprint density at radius 3 is 1.77 bits per heavy atom. The van der Waals surface area contributed by atoms with Gasteiger partial charge in [-0.2, -0.15) is 31.8 Å². The molecule has 2 nitrogen and oxygen atoms in total. The quantitative estimate of drug-likeness (QED) is 0.305. The Labute approximate surface area is 198 Å². The molecule has 0 aliphatic heterocycles. The van der Waals surface area contributed by atoms with Crippen molar-refractivity contribution in [1.29, 1.82) is 0 Å². The average Bonchev–Trinajstić information content (AvgIpc) is 3.42. The molecule has 1 aliphatic carbocycles. The van der Waals surface area contributed by atoms with Gasteiger partial charge in [0, 0.05) is 0 Å². The van der Waals surface area contributed by atoms with Gasteiger partial charge in [-0.05, 0) is 37.0 Å². The van der Waals surface area contributed by atoms with Crippen LogP contribution >= 0.6 is 0 Å². The van der Waals surface area contributed by atoms with E-state index >= 15 is 0 Å². The maximum Gasteiger partial charge on any atom is -0.162 e. The molecule has 162 valence electrons. The molecule has 5 radical (unpaired) electrons. The van der Waals surface area contributed by atoms with Crippen LogP contribution in [0.15, 0.2) is 45.8 Å². The molecule has 3 rings (SSSR count). The number of nitrogens with zero attached hydrogens (tertiary/aromatic N) is 2. The van der Waals surface area contributed by atoms with E-state index in [1.165, 1.54) is 49.2 Å². The molecule has 0 aromatic heterocycles. The third-order valence-electron chi connectivity index (χ3n) is 5.21. The molecule has 1 saturated carbocycles. The van der Waals surface area contributed by atoms with Crippen LogP contribution in [0.4, 0.5) is 5.69 Å². The van der Waals surface area contributed by atoms with Gasteiger partial charge in [0.25, 0.3) is 0 Å². The Bertz CT molecular complexity index is 697. The van der Waals surface area contributed by atoms with Gasteiger partial charge in [0.1, 0.15) is 0 Å². The summed E-state index contributed by atoms with van der Waals surface area (Å²) < 4.78 is 4.46. The number of rotatable bonds is 5. The zero-order chi connectivity index (χ0) is 22.7. The van der Waals surface area contributed by atoms with Crippen LogP contribution in [0.3, 0.4) is 0 Å². The van der Waals surface area contributed by atoms with Crippen LogP contribution in [0.25, 0.3) is 5.32 Å².